The largest absolute Gasteiger partial charge is 0.381 e. The van der Waals surface area contributed by atoms with Crippen molar-refractivity contribution in [3.8, 4) is 0 Å². The van der Waals surface area contributed by atoms with E-state index in [1.54, 1.807) is 0 Å². The fourth-order valence-electron chi connectivity index (χ4n) is 3.03. The molecule has 4 nitrogen and oxygen atoms in total. The SMILES string of the molecule is CC1CCC(n2nnc(N)c2C(C)(C)C)CC1C. The van der Waals surface area contributed by atoms with Crippen LogP contribution >= 0.6 is 0 Å². The van der Waals surface area contributed by atoms with Crippen molar-refractivity contribution in [3.63, 3.8) is 0 Å². The Bertz CT molecular complexity index is 416. The Hall–Kier alpha value is -1.06. The van der Waals surface area contributed by atoms with Gasteiger partial charge in [0.1, 0.15) is 0 Å². The smallest absolute Gasteiger partial charge is 0.169 e. The second kappa shape index (κ2) is 4.56. The van der Waals surface area contributed by atoms with Gasteiger partial charge in [-0.15, -0.1) is 5.10 Å². The molecule has 1 aliphatic carbocycles. The Morgan fingerprint density at radius 3 is 2.39 bits per heavy atom. The van der Waals surface area contributed by atoms with Crippen molar-refractivity contribution in [2.24, 2.45) is 11.8 Å². The van der Waals surface area contributed by atoms with Gasteiger partial charge in [0, 0.05) is 5.41 Å². The third kappa shape index (κ3) is 2.38. The second-order valence-corrected chi connectivity index (χ2v) is 6.94. The Balaban J connectivity index is 2.29. The van der Waals surface area contributed by atoms with Crippen LogP contribution in [0.4, 0.5) is 5.82 Å². The van der Waals surface area contributed by atoms with Crippen molar-refractivity contribution in [3.05, 3.63) is 5.69 Å². The minimum absolute atomic E-state index is 0.000114. The van der Waals surface area contributed by atoms with E-state index < -0.39 is 0 Å². The van der Waals surface area contributed by atoms with Crippen LogP contribution in [0.2, 0.25) is 0 Å². The molecule has 3 unspecified atom stereocenters. The number of aromatic nitrogens is 3. The first-order valence-corrected chi connectivity index (χ1v) is 7.02. The van der Waals surface area contributed by atoms with Crippen molar-refractivity contribution in [1.82, 2.24) is 15.0 Å². The zero-order chi connectivity index (χ0) is 13.5. The highest BCUT2D eigenvalue weighted by Crippen LogP contribution is 2.38. The molecule has 3 atom stereocenters. The van der Waals surface area contributed by atoms with E-state index in [9.17, 15) is 0 Å². The summed E-state index contributed by atoms with van der Waals surface area (Å²) in [7, 11) is 0. The highest BCUT2D eigenvalue weighted by atomic mass is 15.5. The first-order chi connectivity index (χ1) is 8.30. The lowest BCUT2D eigenvalue weighted by Crippen LogP contribution is -2.28. The molecule has 1 aromatic heterocycles. The molecule has 18 heavy (non-hydrogen) atoms. The third-order valence-corrected chi connectivity index (χ3v) is 4.35. The van der Waals surface area contributed by atoms with E-state index in [1.165, 1.54) is 19.3 Å². The molecule has 1 aromatic rings. The fourth-order valence-corrected chi connectivity index (χ4v) is 3.03. The summed E-state index contributed by atoms with van der Waals surface area (Å²) in [5.74, 6) is 2.16. The first kappa shape index (κ1) is 13.4. The van der Waals surface area contributed by atoms with Gasteiger partial charge >= 0.3 is 0 Å². The van der Waals surface area contributed by atoms with E-state index in [2.05, 4.69) is 49.6 Å². The fraction of sp³-hybridized carbons (Fsp3) is 0.857. The molecule has 0 bridgehead atoms. The van der Waals surface area contributed by atoms with E-state index in [4.69, 9.17) is 5.73 Å². The van der Waals surface area contributed by atoms with Gasteiger partial charge in [0.25, 0.3) is 0 Å². The molecule has 0 aliphatic heterocycles. The van der Waals surface area contributed by atoms with Crippen LogP contribution < -0.4 is 5.73 Å². The third-order valence-electron chi connectivity index (χ3n) is 4.35. The second-order valence-electron chi connectivity index (χ2n) is 6.94. The lowest BCUT2D eigenvalue weighted by atomic mass is 9.78. The Kier molecular flexibility index (Phi) is 3.39. The van der Waals surface area contributed by atoms with Gasteiger partial charge < -0.3 is 5.73 Å². The number of rotatable bonds is 1. The summed E-state index contributed by atoms with van der Waals surface area (Å²) in [5.41, 5.74) is 7.09. The molecule has 102 valence electrons. The van der Waals surface area contributed by atoms with Gasteiger partial charge in [-0.1, -0.05) is 39.8 Å². The Morgan fingerprint density at radius 2 is 1.83 bits per heavy atom. The van der Waals surface area contributed by atoms with E-state index in [-0.39, 0.29) is 5.41 Å². The van der Waals surface area contributed by atoms with Gasteiger partial charge in [-0.05, 0) is 31.1 Å². The van der Waals surface area contributed by atoms with Crippen molar-refractivity contribution in [1.29, 1.82) is 0 Å². The quantitative estimate of drug-likeness (QED) is 0.833. The maximum Gasteiger partial charge on any atom is 0.169 e. The summed E-state index contributed by atoms with van der Waals surface area (Å²) in [6.07, 6.45) is 3.65. The summed E-state index contributed by atoms with van der Waals surface area (Å²) in [6.45, 7) is 11.2. The first-order valence-electron chi connectivity index (χ1n) is 7.02. The molecule has 1 fully saturated rings. The van der Waals surface area contributed by atoms with Gasteiger partial charge in [0.2, 0.25) is 0 Å². The summed E-state index contributed by atoms with van der Waals surface area (Å²) in [6, 6.07) is 0.468. The van der Waals surface area contributed by atoms with Gasteiger partial charge in [-0.25, -0.2) is 4.68 Å². The number of hydrogen-bond donors (Lipinski definition) is 1. The molecule has 0 aromatic carbocycles. The zero-order valence-electron chi connectivity index (χ0n) is 12.3. The predicted octanol–water partition coefficient (Wildman–Crippen LogP) is 3.16. The molecule has 2 N–H and O–H groups in total. The molecule has 0 saturated heterocycles. The number of nitrogens with zero attached hydrogens (tertiary/aromatic N) is 3. The topological polar surface area (TPSA) is 56.7 Å². The van der Waals surface area contributed by atoms with Crippen LogP contribution in [0.15, 0.2) is 0 Å². The zero-order valence-corrected chi connectivity index (χ0v) is 12.3. The molecule has 4 heteroatoms. The van der Waals surface area contributed by atoms with Crippen LogP contribution in [0.3, 0.4) is 0 Å². The summed E-state index contributed by atoms with van der Waals surface area (Å²) in [4.78, 5) is 0. The molecule has 0 amide bonds. The molecule has 1 heterocycles. The highest BCUT2D eigenvalue weighted by molar-refractivity contribution is 5.38. The highest BCUT2D eigenvalue weighted by Gasteiger charge is 2.31. The molecule has 0 spiro atoms. The lowest BCUT2D eigenvalue weighted by Gasteiger charge is -2.34. The van der Waals surface area contributed by atoms with E-state index in [1.807, 2.05) is 0 Å². The van der Waals surface area contributed by atoms with Crippen molar-refractivity contribution >= 4 is 5.82 Å². The molecule has 2 rings (SSSR count). The predicted molar refractivity (Wildman–Crippen MR) is 74.4 cm³/mol. The molecular weight excluding hydrogens is 224 g/mol. The summed E-state index contributed by atoms with van der Waals surface area (Å²) in [5, 5.41) is 8.40. The van der Waals surface area contributed by atoms with Crippen molar-refractivity contribution < 1.29 is 0 Å². The maximum absolute atomic E-state index is 6.00. The van der Waals surface area contributed by atoms with E-state index in [0.717, 1.165) is 17.5 Å². The van der Waals surface area contributed by atoms with Crippen LogP contribution in [-0.2, 0) is 5.41 Å². The van der Waals surface area contributed by atoms with Gasteiger partial charge in [-0.3, -0.25) is 0 Å². The van der Waals surface area contributed by atoms with E-state index >= 15 is 0 Å². The van der Waals surface area contributed by atoms with E-state index in [0.29, 0.717) is 11.9 Å². The number of hydrogen-bond acceptors (Lipinski definition) is 3. The Labute approximate surface area is 110 Å². The summed E-state index contributed by atoms with van der Waals surface area (Å²) >= 11 is 0. The number of nitrogen functional groups attached to an aromatic ring is 1. The minimum atomic E-state index is -0.000114. The van der Waals surface area contributed by atoms with Gasteiger partial charge in [0.05, 0.1) is 11.7 Å². The van der Waals surface area contributed by atoms with Gasteiger partial charge in [-0.2, -0.15) is 0 Å². The molecule has 0 radical (unpaired) electrons. The summed E-state index contributed by atoms with van der Waals surface area (Å²) < 4.78 is 2.09. The maximum atomic E-state index is 6.00. The van der Waals surface area contributed by atoms with Crippen LogP contribution in [0.25, 0.3) is 0 Å². The monoisotopic (exact) mass is 250 g/mol. The van der Waals surface area contributed by atoms with Crippen LogP contribution in [0.5, 0.6) is 0 Å². The van der Waals surface area contributed by atoms with Crippen LogP contribution in [0, 0.1) is 11.8 Å². The average Bonchev–Trinajstić information content (AvgIpc) is 2.64. The number of nitrogens with two attached hydrogens (primary N) is 1. The van der Waals surface area contributed by atoms with Crippen molar-refractivity contribution in [2.75, 3.05) is 5.73 Å². The standard InChI is InChI=1S/C14H26N4/c1-9-6-7-11(8-10(9)2)18-12(14(3,4)5)13(15)16-17-18/h9-11H,6-8,15H2,1-5H3. The number of anilines is 1. The molecule has 1 aliphatic rings. The minimum Gasteiger partial charge on any atom is -0.381 e. The normalized spacial score (nSPS) is 29.5. The Morgan fingerprint density at radius 1 is 1.17 bits per heavy atom. The molecule has 1 saturated carbocycles. The average molecular weight is 250 g/mol. The van der Waals surface area contributed by atoms with Gasteiger partial charge in [0.15, 0.2) is 5.82 Å². The lowest BCUT2D eigenvalue weighted by molar-refractivity contribution is 0.193. The van der Waals surface area contributed by atoms with Crippen LogP contribution in [0.1, 0.15) is 65.6 Å². The van der Waals surface area contributed by atoms with Crippen LogP contribution in [-0.4, -0.2) is 15.0 Å². The van der Waals surface area contributed by atoms with Crippen molar-refractivity contribution in [2.45, 2.75) is 65.3 Å². The molecular formula is C14H26N4.